The van der Waals surface area contributed by atoms with E-state index in [0.29, 0.717) is 6.04 Å². The molecular weight excluding hydrogens is 246 g/mol. The van der Waals surface area contributed by atoms with Crippen LogP contribution < -0.4 is 10.2 Å². The summed E-state index contributed by atoms with van der Waals surface area (Å²) in [6.07, 6.45) is 3.72. The van der Waals surface area contributed by atoms with Gasteiger partial charge in [-0.3, -0.25) is 4.98 Å². The molecule has 0 spiro atoms. The van der Waals surface area contributed by atoms with Crippen LogP contribution in [0.3, 0.4) is 0 Å². The lowest BCUT2D eigenvalue weighted by molar-refractivity contribution is 0.494. The lowest BCUT2D eigenvalue weighted by Crippen LogP contribution is -2.22. The number of aromatic nitrogens is 1. The van der Waals surface area contributed by atoms with Crippen LogP contribution in [0.15, 0.2) is 48.8 Å². The molecule has 0 radical (unpaired) electrons. The van der Waals surface area contributed by atoms with Crippen molar-refractivity contribution in [1.82, 2.24) is 10.3 Å². The maximum absolute atomic E-state index is 4.17. The minimum atomic E-state index is 0.284. The molecule has 0 fully saturated rings. The normalized spacial score (nSPS) is 13.8. The third-order valence-electron chi connectivity index (χ3n) is 3.59. The van der Waals surface area contributed by atoms with Gasteiger partial charge in [-0.25, -0.2) is 0 Å². The highest BCUT2D eigenvalue weighted by atomic mass is 15.1. The van der Waals surface area contributed by atoms with Crippen molar-refractivity contribution in [3.05, 3.63) is 59.9 Å². The maximum Gasteiger partial charge on any atom is 0.0361 e. The first-order valence-corrected chi connectivity index (χ1v) is 7.01. The summed E-state index contributed by atoms with van der Waals surface area (Å²) in [7, 11) is 4.11. The first-order chi connectivity index (χ1) is 9.58. The predicted octanol–water partition coefficient (Wildman–Crippen LogP) is 3.56. The third kappa shape index (κ3) is 3.58. The van der Waals surface area contributed by atoms with E-state index in [1.807, 2.05) is 12.3 Å². The van der Waals surface area contributed by atoms with Gasteiger partial charge in [-0.2, -0.15) is 0 Å². The molecule has 106 valence electrons. The molecule has 0 aliphatic carbocycles. The Labute approximate surface area is 121 Å². The van der Waals surface area contributed by atoms with E-state index < -0.39 is 0 Å². The molecule has 0 aliphatic heterocycles. The number of hydrogen-bond acceptors (Lipinski definition) is 3. The summed E-state index contributed by atoms with van der Waals surface area (Å²) in [5.74, 6) is 0. The maximum atomic E-state index is 4.17. The fraction of sp³-hybridized carbons (Fsp3) is 0.353. The lowest BCUT2D eigenvalue weighted by Gasteiger charge is -2.21. The molecule has 20 heavy (non-hydrogen) atoms. The number of hydrogen-bond donors (Lipinski definition) is 1. The quantitative estimate of drug-likeness (QED) is 0.899. The predicted molar refractivity (Wildman–Crippen MR) is 85.0 cm³/mol. The van der Waals surface area contributed by atoms with Crippen LogP contribution >= 0.6 is 0 Å². The van der Waals surface area contributed by atoms with Crippen molar-refractivity contribution in [1.29, 1.82) is 0 Å². The highest BCUT2D eigenvalue weighted by Crippen LogP contribution is 2.21. The van der Waals surface area contributed by atoms with Crippen molar-refractivity contribution in [3.63, 3.8) is 0 Å². The fourth-order valence-corrected chi connectivity index (χ4v) is 2.26. The van der Waals surface area contributed by atoms with Crippen molar-refractivity contribution in [2.24, 2.45) is 0 Å². The highest BCUT2D eigenvalue weighted by molar-refractivity contribution is 5.46. The van der Waals surface area contributed by atoms with Crippen LogP contribution in [-0.2, 0) is 0 Å². The smallest absolute Gasteiger partial charge is 0.0361 e. The highest BCUT2D eigenvalue weighted by Gasteiger charge is 2.11. The molecule has 2 rings (SSSR count). The van der Waals surface area contributed by atoms with Crippen LogP contribution in [0.5, 0.6) is 0 Å². The van der Waals surface area contributed by atoms with Crippen LogP contribution in [0.25, 0.3) is 0 Å². The number of rotatable bonds is 5. The molecule has 0 amide bonds. The van der Waals surface area contributed by atoms with E-state index in [1.54, 1.807) is 6.20 Å². The SMILES string of the molecule is CC(N[C@H](C)c1cccnc1)c1ccc(N(C)C)cc1. The first-order valence-electron chi connectivity index (χ1n) is 7.01. The van der Waals surface area contributed by atoms with Gasteiger partial charge in [0.1, 0.15) is 0 Å². The summed E-state index contributed by atoms with van der Waals surface area (Å²) in [5.41, 5.74) is 3.73. The van der Waals surface area contributed by atoms with Crippen molar-refractivity contribution in [2.75, 3.05) is 19.0 Å². The molecular formula is C17H23N3. The van der Waals surface area contributed by atoms with E-state index >= 15 is 0 Å². The zero-order chi connectivity index (χ0) is 14.5. The van der Waals surface area contributed by atoms with E-state index in [4.69, 9.17) is 0 Å². The molecule has 0 aliphatic rings. The van der Waals surface area contributed by atoms with E-state index in [2.05, 4.69) is 73.5 Å². The Kier molecular flexibility index (Phi) is 4.74. The van der Waals surface area contributed by atoms with Gasteiger partial charge in [0.2, 0.25) is 0 Å². The summed E-state index contributed by atoms with van der Waals surface area (Å²) in [6, 6.07) is 13.3. The Morgan fingerprint density at radius 3 is 2.15 bits per heavy atom. The Morgan fingerprint density at radius 1 is 0.950 bits per heavy atom. The number of nitrogens with one attached hydrogen (secondary N) is 1. The van der Waals surface area contributed by atoms with Crippen LogP contribution in [0, 0.1) is 0 Å². The average Bonchev–Trinajstić information content (AvgIpc) is 2.48. The van der Waals surface area contributed by atoms with E-state index in [-0.39, 0.29) is 6.04 Å². The summed E-state index contributed by atoms with van der Waals surface area (Å²) in [4.78, 5) is 6.28. The molecule has 1 aromatic heterocycles. The topological polar surface area (TPSA) is 28.2 Å². The molecule has 1 heterocycles. The number of pyridine rings is 1. The second-order valence-corrected chi connectivity index (χ2v) is 5.38. The summed E-state index contributed by atoms with van der Waals surface area (Å²) in [6.45, 7) is 4.36. The number of benzene rings is 1. The lowest BCUT2D eigenvalue weighted by atomic mass is 10.0. The van der Waals surface area contributed by atoms with Crippen molar-refractivity contribution in [2.45, 2.75) is 25.9 Å². The summed E-state index contributed by atoms with van der Waals surface area (Å²) in [5, 5.41) is 3.61. The largest absolute Gasteiger partial charge is 0.378 e. The molecule has 2 aromatic rings. The van der Waals surface area contributed by atoms with Gasteiger partial charge in [0.05, 0.1) is 0 Å². The Balaban J connectivity index is 2.02. The van der Waals surface area contributed by atoms with Gasteiger partial charge in [-0.05, 0) is 43.2 Å². The van der Waals surface area contributed by atoms with E-state index in [0.717, 1.165) is 0 Å². The van der Waals surface area contributed by atoms with Crippen LogP contribution in [0.4, 0.5) is 5.69 Å². The van der Waals surface area contributed by atoms with Crippen LogP contribution in [0.2, 0.25) is 0 Å². The molecule has 1 aromatic carbocycles. The summed E-state index contributed by atoms with van der Waals surface area (Å²) >= 11 is 0. The second kappa shape index (κ2) is 6.53. The van der Waals surface area contributed by atoms with Gasteiger partial charge in [0.15, 0.2) is 0 Å². The van der Waals surface area contributed by atoms with Crippen molar-refractivity contribution >= 4 is 5.69 Å². The molecule has 1 unspecified atom stereocenters. The monoisotopic (exact) mass is 269 g/mol. The van der Waals surface area contributed by atoms with Gasteiger partial charge in [-0.1, -0.05) is 18.2 Å². The van der Waals surface area contributed by atoms with E-state index in [9.17, 15) is 0 Å². The molecule has 0 bridgehead atoms. The Morgan fingerprint density at radius 2 is 1.60 bits per heavy atom. The molecule has 3 nitrogen and oxygen atoms in total. The van der Waals surface area contributed by atoms with Gasteiger partial charge < -0.3 is 10.2 Å². The van der Waals surface area contributed by atoms with Crippen molar-refractivity contribution < 1.29 is 0 Å². The minimum absolute atomic E-state index is 0.284. The number of nitrogens with zero attached hydrogens (tertiary/aromatic N) is 2. The minimum Gasteiger partial charge on any atom is -0.378 e. The molecule has 2 atom stereocenters. The first kappa shape index (κ1) is 14.5. The van der Waals surface area contributed by atoms with Gasteiger partial charge >= 0.3 is 0 Å². The van der Waals surface area contributed by atoms with E-state index in [1.165, 1.54) is 16.8 Å². The van der Waals surface area contributed by atoms with Gasteiger partial charge in [0.25, 0.3) is 0 Å². The Bertz CT molecular complexity index is 520. The van der Waals surface area contributed by atoms with Crippen LogP contribution in [-0.4, -0.2) is 19.1 Å². The summed E-state index contributed by atoms with van der Waals surface area (Å²) < 4.78 is 0. The third-order valence-corrected chi connectivity index (χ3v) is 3.59. The van der Waals surface area contributed by atoms with Crippen molar-refractivity contribution in [3.8, 4) is 0 Å². The van der Waals surface area contributed by atoms with Crippen LogP contribution in [0.1, 0.15) is 37.1 Å². The van der Waals surface area contributed by atoms with Gasteiger partial charge in [0, 0.05) is 44.3 Å². The second-order valence-electron chi connectivity index (χ2n) is 5.38. The number of anilines is 1. The molecule has 3 heteroatoms. The molecule has 0 saturated carbocycles. The average molecular weight is 269 g/mol. The zero-order valence-electron chi connectivity index (χ0n) is 12.7. The standard InChI is InChI=1S/C17H23N3/c1-13(15-7-9-17(10-8-15)20(3)4)19-14(2)16-6-5-11-18-12-16/h5-14,19H,1-4H3/t13?,14-/m1/s1. The van der Waals surface area contributed by atoms with Gasteiger partial charge in [-0.15, -0.1) is 0 Å². The molecule has 1 N–H and O–H groups in total. The fourth-order valence-electron chi connectivity index (χ4n) is 2.26. The molecule has 0 saturated heterocycles. The zero-order valence-corrected chi connectivity index (χ0v) is 12.7. The Hall–Kier alpha value is -1.87.